The molecular weight excluding hydrogens is 424 g/mol. The number of benzene rings is 2. The minimum absolute atomic E-state index is 0.0132. The lowest BCUT2D eigenvalue weighted by atomic mass is 9.84. The number of hydroxylamine groups is 2. The van der Waals surface area contributed by atoms with Crippen molar-refractivity contribution in [3.63, 3.8) is 0 Å². The van der Waals surface area contributed by atoms with Crippen LogP contribution in [-0.4, -0.2) is 79.5 Å². The number of aliphatic hydroxyl groups is 1. The van der Waals surface area contributed by atoms with Gasteiger partial charge in [0.05, 0.1) is 19.3 Å². The maximum Gasteiger partial charge on any atom is 0.277 e. The number of ether oxygens (including phenoxy) is 1. The van der Waals surface area contributed by atoms with Crippen molar-refractivity contribution in [2.24, 2.45) is 5.41 Å². The van der Waals surface area contributed by atoms with Crippen molar-refractivity contribution in [1.82, 2.24) is 10.4 Å². The second-order valence-corrected chi connectivity index (χ2v) is 8.00. The SMILES string of the molecule is C[C@@]1(CN(O)C(=O)c2cc(O)cc(O)c2)CO[C@H](CNC(=O)c2cc(O)cc(O)c2)[C@H]1O. The van der Waals surface area contributed by atoms with E-state index < -0.39 is 29.4 Å². The van der Waals surface area contributed by atoms with Crippen molar-refractivity contribution in [2.45, 2.75) is 19.1 Å². The number of carbonyl (C=O) groups is 2. The summed E-state index contributed by atoms with van der Waals surface area (Å²) in [4.78, 5) is 24.7. The van der Waals surface area contributed by atoms with Crippen molar-refractivity contribution in [3.8, 4) is 23.0 Å². The second-order valence-electron chi connectivity index (χ2n) is 8.00. The summed E-state index contributed by atoms with van der Waals surface area (Å²) in [6, 6.07) is 6.59. The van der Waals surface area contributed by atoms with Crippen LogP contribution < -0.4 is 5.32 Å². The fourth-order valence-electron chi connectivity index (χ4n) is 3.54. The maximum atomic E-state index is 12.4. The molecule has 1 heterocycles. The number of hydrogen-bond acceptors (Lipinski definition) is 9. The number of rotatable bonds is 6. The number of aliphatic hydroxyl groups excluding tert-OH is 1. The normalized spacial score (nSPS) is 22.5. The molecule has 3 rings (SSSR count). The van der Waals surface area contributed by atoms with Crippen molar-refractivity contribution in [1.29, 1.82) is 0 Å². The zero-order valence-electron chi connectivity index (χ0n) is 17.1. The number of hydrogen-bond donors (Lipinski definition) is 7. The van der Waals surface area contributed by atoms with Crippen LogP contribution in [0.4, 0.5) is 0 Å². The van der Waals surface area contributed by atoms with E-state index in [4.69, 9.17) is 4.74 Å². The summed E-state index contributed by atoms with van der Waals surface area (Å²) in [5.41, 5.74) is -1.22. The van der Waals surface area contributed by atoms with Gasteiger partial charge in [-0.2, -0.15) is 0 Å². The van der Waals surface area contributed by atoms with Gasteiger partial charge < -0.3 is 35.6 Å². The fourth-order valence-corrected chi connectivity index (χ4v) is 3.54. The van der Waals surface area contributed by atoms with Gasteiger partial charge in [0.1, 0.15) is 29.1 Å². The van der Waals surface area contributed by atoms with Gasteiger partial charge in [0.2, 0.25) is 0 Å². The highest BCUT2D eigenvalue weighted by molar-refractivity contribution is 5.95. The Kier molecular flexibility index (Phi) is 6.44. The van der Waals surface area contributed by atoms with Gasteiger partial charge in [0.15, 0.2) is 0 Å². The molecule has 0 spiro atoms. The molecular formula is C21H24N2O9. The Morgan fingerprint density at radius 2 is 1.50 bits per heavy atom. The quantitative estimate of drug-likeness (QED) is 0.245. The summed E-state index contributed by atoms with van der Waals surface area (Å²) in [6.45, 7) is 1.13. The minimum Gasteiger partial charge on any atom is -0.508 e. The van der Waals surface area contributed by atoms with E-state index in [1.54, 1.807) is 6.92 Å². The van der Waals surface area contributed by atoms with Gasteiger partial charge in [-0.1, -0.05) is 6.92 Å². The number of nitrogens with one attached hydrogen (secondary N) is 1. The zero-order chi connectivity index (χ0) is 23.6. The van der Waals surface area contributed by atoms with Crippen LogP contribution >= 0.6 is 0 Å². The van der Waals surface area contributed by atoms with Crippen LogP contribution in [0.5, 0.6) is 23.0 Å². The molecule has 0 saturated carbocycles. The van der Waals surface area contributed by atoms with E-state index in [0.717, 1.165) is 24.3 Å². The predicted octanol–water partition coefficient (Wildman–Crippen LogP) is 0.536. The predicted molar refractivity (Wildman–Crippen MR) is 109 cm³/mol. The molecule has 0 aliphatic carbocycles. The number of nitrogens with zero attached hydrogens (tertiary/aromatic N) is 1. The molecule has 0 bridgehead atoms. The molecule has 2 amide bonds. The third-order valence-corrected chi connectivity index (χ3v) is 5.22. The molecule has 2 aromatic rings. The summed E-state index contributed by atoms with van der Waals surface area (Å²) < 4.78 is 5.55. The summed E-state index contributed by atoms with van der Waals surface area (Å²) in [5.74, 6) is -2.78. The Balaban J connectivity index is 1.61. The maximum absolute atomic E-state index is 12.4. The lowest BCUT2D eigenvalue weighted by Crippen LogP contribution is -2.47. The van der Waals surface area contributed by atoms with E-state index in [0.29, 0.717) is 5.06 Å². The molecule has 1 saturated heterocycles. The lowest BCUT2D eigenvalue weighted by molar-refractivity contribution is -0.0940. The van der Waals surface area contributed by atoms with Crippen molar-refractivity contribution in [2.75, 3.05) is 19.7 Å². The molecule has 2 aromatic carbocycles. The number of aromatic hydroxyl groups is 4. The Labute approximate surface area is 182 Å². The van der Waals surface area contributed by atoms with Crippen molar-refractivity contribution in [3.05, 3.63) is 47.5 Å². The molecule has 1 aliphatic rings. The Morgan fingerprint density at radius 1 is 1.00 bits per heavy atom. The van der Waals surface area contributed by atoms with Crippen LogP contribution in [0.25, 0.3) is 0 Å². The first kappa shape index (κ1) is 23.1. The highest BCUT2D eigenvalue weighted by Gasteiger charge is 2.47. The molecule has 32 heavy (non-hydrogen) atoms. The van der Waals surface area contributed by atoms with Crippen molar-refractivity contribution < 1.29 is 45.1 Å². The van der Waals surface area contributed by atoms with Gasteiger partial charge in [-0.05, 0) is 24.3 Å². The van der Waals surface area contributed by atoms with Gasteiger partial charge in [-0.25, -0.2) is 5.06 Å². The molecule has 11 nitrogen and oxygen atoms in total. The second kappa shape index (κ2) is 8.91. The number of phenolic OH excluding ortho intramolecular Hbond substituents is 4. The average Bonchev–Trinajstić information content (AvgIpc) is 2.98. The largest absolute Gasteiger partial charge is 0.508 e. The molecule has 0 radical (unpaired) electrons. The number of phenols is 4. The van der Waals surface area contributed by atoms with Gasteiger partial charge in [0.25, 0.3) is 11.8 Å². The third kappa shape index (κ3) is 5.02. The molecule has 3 atom stereocenters. The highest BCUT2D eigenvalue weighted by Crippen LogP contribution is 2.34. The Hall–Kier alpha value is -3.54. The van der Waals surface area contributed by atoms with E-state index in [-0.39, 0.29) is 53.8 Å². The standard InChI is InChI=1S/C21H24N2O9/c1-21(9-23(31)20(30)12-4-15(26)7-16(27)5-12)10-32-17(18(21)28)8-22-19(29)11-2-13(24)6-14(25)3-11/h2-7,17-18,24-28,31H,8-10H2,1H3,(H,22,29)/t17-,18-,21-/m1/s1. The van der Waals surface area contributed by atoms with Crippen molar-refractivity contribution >= 4 is 11.8 Å². The first-order valence-electron chi connectivity index (χ1n) is 9.63. The van der Waals surface area contributed by atoms with Crippen LogP contribution in [0.3, 0.4) is 0 Å². The molecule has 1 fully saturated rings. The minimum atomic E-state index is -1.17. The number of amides is 2. The molecule has 11 heteroatoms. The molecule has 7 N–H and O–H groups in total. The average molecular weight is 448 g/mol. The summed E-state index contributed by atoms with van der Waals surface area (Å²) in [5, 5.41) is 61.8. The first-order chi connectivity index (χ1) is 15.0. The third-order valence-electron chi connectivity index (χ3n) is 5.22. The Bertz CT molecular complexity index is 988. The Morgan fingerprint density at radius 3 is 2.03 bits per heavy atom. The van der Waals surface area contributed by atoms with Crippen LogP contribution in [0.1, 0.15) is 27.6 Å². The van der Waals surface area contributed by atoms with E-state index in [2.05, 4.69) is 5.32 Å². The molecule has 0 aromatic heterocycles. The summed E-state index contributed by atoms with van der Waals surface area (Å²) >= 11 is 0. The van der Waals surface area contributed by atoms with Crippen LogP contribution in [0, 0.1) is 5.41 Å². The van der Waals surface area contributed by atoms with Gasteiger partial charge in [0, 0.05) is 35.2 Å². The van der Waals surface area contributed by atoms with Gasteiger partial charge in [-0.3, -0.25) is 14.8 Å². The fraction of sp³-hybridized carbons (Fsp3) is 0.333. The first-order valence-corrected chi connectivity index (χ1v) is 9.63. The molecule has 1 aliphatic heterocycles. The molecule has 172 valence electrons. The summed E-state index contributed by atoms with van der Waals surface area (Å²) in [7, 11) is 0. The zero-order valence-corrected chi connectivity index (χ0v) is 17.1. The van der Waals surface area contributed by atoms with Crippen LogP contribution in [-0.2, 0) is 4.74 Å². The van der Waals surface area contributed by atoms with E-state index in [9.17, 15) is 40.3 Å². The van der Waals surface area contributed by atoms with Gasteiger partial charge in [-0.15, -0.1) is 0 Å². The summed E-state index contributed by atoms with van der Waals surface area (Å²) in [6.07, 6.45) is -2.01. The topological polar surface area (TPSA) is 180 Å². The lowest BCUT2D eigenvalue weighted by Gasteiger charge is -2.31. The van der Waals surface area contributed by atoms with E-state index in [1.807, 2.05) is 0 Å². The van der Waals surface area contributed by atoms with E-state index >= 15 is 0 Å². The highest BCUT2D eigenvalue weighted by atomic mass is 16.5. The number of carbonyl (C=O) groups excluding carboxylic acids is 2. The monoisotopic (exact) mass is 448 g/mol. The van der Waals surface area contributed by atoms with Gasteiger partial charge >= 0.3 is 0 Å². The smallest absolute Gasteiger partial charge is 0.277 e. The van der Waals surface area contributed by atoms with E-state index in [1.165, 1.54) is 12.1 Å². The van der Waals surface area contributed by atoms with Crippen LogP contribution in [0.2, 0.25) is 0 Å². The molecule has 0 unspecified atom stereocenters. The van der Waals surface area contributed by atoms with Crippen LogP contribution in [0.15, 0.2) is 36.4 Å².